The van der Waals surface area contributed by atoms with Gasteiger partial charge in [-0.2, -0.15) is 5.10 Å². The highest BCUT2D eigenvalue weighted by atomic mass is 16.1. The predicted molar refractivity (Wildman–Crippen MR) is 122 cm³/mol. The number of carbonyl (C=O) groups is 1. The zero-order chi connectivity index (χ0) is 22.1. The minimum atomic E-state index is -0.141. The van der Waals surface area contributed by atoms with Crippen molar-refractivity contribution in [1.82, 2.24) is 24.8 Å². The van der Waals surface area contributed by atoms with Crippen LogP contribution in [-0.4, -0.2) is 33.2 Å². The van der Waals surface area contributed by atoms with Crippen molar-refractivity contribution < 1.29 is 4.79 Å². The van der Waals surface area contributed by atoms with Crippen LogP contribution in [0.4, 0.5) is 0 Å². The van der Waals surface area contributed by atoms with Gasteiger partial charge in [0.05, 0.1) is 17.6 Å². The van der Waals surface area contributed by atoms with Gasteiger partial charge in [-0.05, 0) is 62.8 Å². The lowest BCUT2D eigenvalue weighted by Gasteiger charge is -2.25. The molecule has 1 aromatic carbocycles. The summed E-state index contributed by atoms with van der Waals surface area (Å²) in [6.45, 7) is 6.74. The molecule has 0 spiro atoms. The lowest BCUT2D eigenvalue weighted by molar-refractivity contribution is 0.0963. The molecule has 31 heavy (non-hydrogen) atoms. The fourth-order valence-corrected chi connectivity index (χ4v) is 4.25. The molecule has 164 valence electrons. The van der Waals surface area contributed by atoms with Crippen LogP contribution in [0.1, 0.15) is 60.8 Å². The predicted octanol–water partition coefficient (Wildman–Crippen LogP) is 2.86. The van der Waals surface area contributed by atoms with Crippen molar-refractivity contribution in [3.63, 3.8) is 0 Å². The summed E-state index contributed by atoms with van der Waals surface area (Å²) in [6, 6.07) is 7.46. The van der Waals surface area contributed by atoms with Crippen LogP contribution in [0.15, 0.2) is 35.3 Å². The quantitative estimate of drug-likeness (QED) is 0.679. The van der Waals surface area contributed by atoms with Crippen LogP contribution in [0, 0.1) is 5.92 Å². The van der Waals surface area contributed by atoms with Crippen LogP contribution in [0.3, 0.4) is 0 Å². The van der Waals surface area contributed by atoms with Crippen molar-refractivity contribution in [2.24, 2.45) is 5.92 Å². The minimum absolute atomic E-state index is 0.0195. The fourth-order valence-electron chi connectivity index (χ4n) is 4.25. The van der Waals surface area contributed by atoms with Gasteiger partial charge in [0, 0.05) is 36.3 Å². The Morgan fingerprint density at radius 1 is 1.23 bits per heavy atom. The van der Waals surface area contributed by atoms with E-state index in [2.05, 4.69) is 22.7 Å². The second kappa shape index (κ2) is 8.67. The van der Waals surface area contributed by atoms with Gasteiger partial charge < -0.3 is 10.6 Å². The maximum absolute atomic E-state index is 13.6. The number of amides is 1. The lowest BCUT2D eigenvalue weighted by atomic mass is 10.0. The van der Waals surface area contributed by atoms with Crippen molar-refractivity contribution in [1.29, 1.82) is 0 Å². The van der Waals surface area contributed by atoms with E-state index in [1.54, 1.807) is 23.7 Å². The van der Waals surface area contributed by atoms with Gasteiger partial charge in [-0.25, -0.2) is 4.52 Å². The Morgan fingerprint density at radius 3 is 2.58 bits per heavy atom. The summed E-state index contributed by atoms with van der Waals surface area (Å²) in [5, 5.41) is 10.8. The molecule has 1 aliphatic carbocycles. The molecule has 2 aliphatic rings. The molecular formula is C24H31N5O2. The fraction of sp³-hybridized carbons (Fsp3) is 0.458. The maximum atomic E-state index is 13.6. The van der Waals surface area contributed by atoms with E-state index in [1.165, 1.54) is 12.8 Å². The molecule has 0 radical (unpaired) electrons. The summed E-state index contributed by atoms with van der Waals surface area (Å²) >= 11 is 0. The Labute approximate surface area is 182 Å². The molecule has 1 unspecified atom stereocenters. The molecule has 3 aromatic rings. The Balaban J connectivity index is 0.00000112. The van der Waals surface area contributed by atoms with Gasteiger partial charge in [0.25, 0.3) is 11.5 Å². The topological polar surface area (TPSA) is 80.4 Å². The molecule has 7 heteroatoms. The van der Waals surface area contributed by atoms with Crippen molar-refractivity contribution in [2.75, 3.05) is 7.05 Å². The molecule has 1 amide bonds. The summed E-state index contributed by atoms with van der Waals surface area (Å²) in [5.74, 6) is 0.550. The van der Waals surface area contributed by atoms with Crippen LogP contribution >= 0.6 is 0 Å². The Kier molecular flexibility index (Phi) is 5.96. The first-order valence-corrected chi connectivity index (χ1v) is 11.3. The van der Waals surface area contributed by atoms with Crippen molar-refractivity contribution >= 4 is 11.6 Å². The van der Waals surface area contributed by atoms with E-state index in [4.69, 9.17) is 0 Å². The van der Waals surface area contributed by atoms with E-state index >= 15 is 0 Å². The molecule has 1 saturated carbocycles. The number of hydrogen-bond acceptors (Lipinski definition) is 4. The SMILES string of the molecule is CC.CNC(=O)c1ccc(-n2c(=O)c3c(n4ncc(CC5CC5)c24)CNC(C)C3)cc1. The summed E-state index contributed by atoms with van der Waals surface area (Å²) in [5.41, 5.74) is 5.10. The molecule has 1 atom stereocenters. The second-order valence-electron chi connectivity index (χ2n) is 8.23. The molecule has 2 N–H and O–H groups in total. The number of benzene rings is 1. The molecule has 5 rings (SSSR count). The van der Waals surface area contributed by atoms with Crippen molar-refractivity contribution in [3.05, 3.63) is 63.2 Å². The van der Waals surface area contributed by atoms with Crippen LogP contribution < -0.4 is 16.2 Å². The van der Waals surface area contributed by atoms with Gasteiger partial charge in [0.2, 0.25) is 0 Å². The average molecular weight is 422 g/mol. The first-order chi connectivity index (χ1) is 15.1. The standard InChI is InChI=1S/C22H25N5O2.C2H6/c1-13-9-18-19(12-24-13)27-21(16(11-25-27)10-14-3-4-14)26(22(18)29)17-7-5-15(6-8-17)20(28)23-2;1-2/h5-8,11,13-14,24H,3-4,9-10,12H2,1-2H3,(H,23,28);1-2H3. The van der Waals surface area contributed by atoms with E-state index in [0.717, 1.165) is 34.6 Å². The first-order valence-electron chi connectivity index (χ1n) is 11.3. The van der Waals surface area contributed by atoms with E-state index < -0.39 is 0 Å². The Bertz CT molecular complexity index is 1160. The van der Waals surface area contributed by atoms with Gasteiger partial charge in [0.1, 0.15) is 5.65 Å². The molecule has 0 saturated heterocycles. The second-order valence-corrected chi connectivity index (χ2v) is 8.23. The van der Waals surface area contributed by atoms with Gasteiger partial charge in [-0.15, -0.1) is 0 Å². The molecule has 1 aliphatic heterocycles. The Hall–Kier alpha value is -2.93. The van der Waals surface area contributed by atoms with E-state index in [1.807, 2.05) is 36.7 Å². The van der Waals surface area contributed by atoms with E-state index in [-0.39, 0.29) is 17.5 Å². The van der Waals surface area contributed by atoms with E-state index in [0.29, 0.717) is 24.4 Å². The molecule has 7 nitrogen and oxygen atoms in total. The highest BCUT2D eigenvalue weighted by Gasteiger charge is 2.28. The molecule has 2 aromatic heterocycles. The smallest absolute Gasteiger partial charge is 0.261 e. The van der Waals surface area contributed by atoms with Gasteiger partial charge in [-0.3, -0.25) is 14.2 Å². The Morgan fingerprint density at radius 2 is 1.94 bits per heavy atom. The van der Waals surface area contributed by atoms with Gasteiger partial charge in [-0.1, -0.05) is 13.8 Å². The van der Waals surface area contributed by atoms with Gasteiger partial charge >= 0.3 is 0 Å². The highest BCUT2D eigenvalue weighted by molar-refractivity contribution is 5.94. The van der Waals surface area contributed by atoms with E-state index in [9.17, 15) is 9.59 Å². The number of carbonyl (C=O) groups excluding carboxylic acids is 1. The summed E-state index contributed by atoms with van der Waals surface area (Å²) in [4.78, 5) is 25.5. The number of nitrogens with zero attached hydrogens (tertiary/aromatic N) is 3. The van der Waals surface area contributed by atoms with Crippen LogP contribution in [-0.2, 0) is 19.4 Å². The number of nitrogens with one attached hydrogen (secondary N) is 2. The van der Waals surface area contributed by atoms with Crippen LogP contribution in [0.2, 0.25) is 0 Å². The maximum Gasteiger partial charge on any atom is 0.261 e. The monoisotopic (exact) mass is 421 g/mol. The number of hydrogen-bond donors (Lipinski definition) is 2. The molecule has 0 bridgehead atoms. The van der Waals surface area contributed by atoms with Crippen molar-refractivity contribution in [2.45, 2.75) is 59.0 Å². The van der Waals surface area contributed by atoms with Crippen LogP contribution in [0.5, 0.6) is 0 Å². The highest BCUT2D eigenvalue weighted by Crippen LogP contribution is 2.34. The number of aromatic nitrogens is 3. The summed E-state index contributed by atoms with van der Waals surface area (Å²) < 4.78 is 3.73. The largest absolute Gasteiger partial charge is 0.355 e. The molecule has 1 fully saturated rings. The zero-order valence-electron chi connectivity index (χ0n) is 18.7. The van der Waals surface area contributed by atoms with Crippen LogP contribution in [0.25, 0.3) is 11.3 Å². The normalized spacial score (nSPS) is 17.6. The summed E-state index contributed by atoms with van der Waals surface area (Å²) in [6.07, 6.45) is 6.03. The molecule has 3 heterocycles. The number of rotatable bonds is 4. The third-order valence-electron chi connectivity index (χ3n) is 6.04. The minimum Gasteiger partial charge on any atom is -0.355 e. The first kappa shape index (κ1) is 21.3. The summed E-state index contributed by atoms with van der Waals surface area (Å²) in [7, 11) is 1.61. The molecular weight excluding hydrogens is 390 g/mol. The zero-order valence-corrected chi connectivity index (χ0v) is 18.7. The third kappa shape index (κ3) is 3.90. The lowest BCUT2D eigenvalue weighted by Crippen LogP contribution is -2.40. The number of fused-ring (bicyclic) bond motifs is 3. The van der Waals surface area contributed by atoms with Crippen molar-refractivity contribution in [3.8, 4) is 5.69 Å². The van der Waals surface area contributed by atoms with Gasteiger partial charge in [0.15, 0.2) is 0 Å². The third-order valence-corrected chi connectivity index (χ3v) is 6.04. The average Bonchev–Trinajstić information content (AvgIpc) is 3.53.